The van der Waals surface area contributed by atoms with Crippen LogP contribution in [-0.4, -0.2) is 15.5 Å². The Labute approximate surface area is 155 Å². The van der Waals surface area contributed by atoms with Crippen LogP contribution in [0, 0.1) is 0 Å². The van der Waals surface area contributed by atoms with Crippen molar-refractivity contribution in [2.24, 2.45) is 5.73 Å². The van der Waals surface area contributed by atoms with Crippen LogP contribution in [0.25, 0.3) is 10.2 Å². The third kappa shape index (κ3) is 3.17. The zero-order valence-corrected chi connectivity index (χ0v) is 15.3. The van der Waals surface area contributed by atoms with Crippen LogP contribution in [0.4, 0.5) is 0 Å². The molecule has 0 atom stereocenters. The number of rotatable bonds is 5. The fraction of sp³-hybridized carbons (Fsp3) is 0.350. The van der Waals surface area contributed by atoms with Gasteiger partial charge in [0.05, 0.1) is 5.39 Å². The Hall–Kier alpha value is -2.47. The quantitative estimate of drug-likeness (QED) is 0.753. The molecule has 0 aliphatic heterocycles. The van der Waals surface area contributed by atoms with Gasteiger partial charge in [-0.15, -0.1) is 11.3 Å². The van der Waals surface area contributed by atoms with Gasteiger partial charge in [-0.25, -0.2) is 4.98 Å². The summed E-state index contributed by atoms with van der Waals surface area (Å²) in [7, 11) is 0. The van der Waals surface area contributed by atoms with E-state index < -0.39 is 5.91 Å². The lowest BCUT2D eigenvalue weighted by atomic mass is 9.97. The van der Waals surface area contributed by atoms with E-state index in [0.29, 0.717) is 12.2 Å². The maximum absolute atomic E-state index is 13.3. The molecule has 6 heteroatoms. The van der Waals surface area contributed by atoms with Gasteiger partial charge >= 0.3 is 0 Å². The number of thiophene rings is 1. The molecule has 0 unspecified atom stereocenters. The molecular formula is C20H21N3O2S. The molecule has 2 N–H and O–H groups in total. The van der Waals surface area contributed by atoms with Crippen molar-refractivity contribution in [2.45, 2.75) is 45.1 Å². The van der Waals surface area contributed by atoms with Gasteiger partial charge in [0, 0.05) is 24.3 Å². The predicted molar refractivity (Wildman–Crippen MR) is 104 cm³/mol. The van der Waals surface area contributed by atoms with Crippen LogP contribution in [0.1, 0.15) is 41.1 Å². The van der Waals surface area contributed by atoms with Gasteiger partial charge < -0.3 is 5.73 Å². The zero-order chi connectivity index (χ0) is 18.1. The first kappa shape index (κ1) is 17.0. The van der Waals surface area contributed by atoms with Crippen LogP contribution in [0.2, 0.25) is 0 Å². The van der Waals surface area contributed by atoms with Crippen molar-refractivity contribution in [3.05, 3.63) is 62.5 Å². The second-order valence-electron chi connectivity index (χ2n) is 6.75. The fourth-order valence-corrected chi connectivity index (χ4v) is 4.92. The summed E-state index contributed by atoms with van der Waals surface area (Å²) in [5.74, 6) is 0.295. The second-order valence-corrected chi connectivity index (χ2v) is 7.84. The number of carbonyl (C=O) groups excluding carboxylic acids is 1. The summed E-state index contributed by atoms with van der Waals surface area (Å²) in [5.41, 5.74) is 7.56. The minimum atomic E-state index is -0.407. The first-order chi connectivity index (χ1) is 12.6. The number of carbonyl (C=O) groups is 1. The highest BCUT2D eigenvalue weighted by Gasteiger charge is 2.22. The number of amides is 1. The molecule has 0 saturated carbocycles. The zero-order valence-electron chi connectivity index (χ0n) is 14.5. The molecule has 4 rings (SSSR count). The maximum atomic E-state index is 13.3. The molecule has 3 aromatic rings. The monoisotopic (exact) mass is 367 g/mol. The Balaban J connectivity index is 1.86. The van der Waals surface area contributed by atoms with E-state index in [4.69, 9.17) is 10.7 Å². The standard InChI is InChI=1S/C20H21N3O2S/c21-16(24)10-11-23-17(12-13-6-2-1-3-7-13)22-19-18(20(23)25)14-8-4-5-9-15(14)26-19/h1-3,6-7H,4-5,8-12H2,(H2,21,24). The topological polar surface area (TPSA) is 78.0 Å². The Morgan fingerprint density at radius 2 is 1.96 bits per heavy atom. The summed E-state index contributed by atoms with van der Waals surface area (Å²) >= 11 is 1.66. The summed E-state index contributed by atoms with van der Waals surface area (Å²) in [4.78, 5) is 31.5. The van der Waals surface area contributed by atoms with Crippen LogP contribution < -0.4 is 11.3 Å². The molecule has 0 fully saturated rings. The molecule has 0 radical (unpaired) electrons. The highest BCUT2D eigenvalue weighted by atomic mass is 32.1. The first-order valence-electron chi connectivity index (χ1n) is 8.99. The normalized spacial score (nSPS) is 13.7. The van der Waals surface area contributed by atoms with Crippen LogP contribution in [0.3, 0.4) is 0 Å². The van der Waals surface area contributed by atoms with Crippen molar-refractivity contribution in [3.63, 3.8) is 0 Å². The van der Waals surface area contributed by atoms with Crippen LogP contribution in [0.15, 0.2) is 35.1 Å². The molecule has 0 spiro atoms. The molecule has 1 aromatic carbocycles. The van der Waals surface area contributed by atoms with Gasteiger partial charge in [0.2, 0.25) is 5.91 Å². The van der Waals surface area contributed by atoms with E-state index in [9.17, 15) is 9.59 Å². The fourth-order valence-electron chi connectivity index (χ4n) is 3.65. The van der Waals surface area contributed by atoms with Crippen molar-refractivity contribution in [1.29, 1.82) is 0 Å². The molecule has 2 heterocycles. The number of aryl methyl sites for hydroxylation is 2. The number of hydrogen-bond donors (Lipinski definition) is 1. The lowest BCUT2D eigenvalue weighted by Gasteiger charge is -2.13. The average Bonchev–Trinajstić information content (AvgIpc) is 3.00. The van der Waals surface area contributed by atoms with Gasteiger partial charge in [0.25, 0.3) is 5.56 Å². The Morgan fingerprint density at radius 3 is 2.73 bits per heavy atom. The predicted octanol–water partition coefficient (Wildman–Crippen LogP) is 2.80. The van der Waals surface area contributed by atoms with Gasteiger partial charge in [0.1, 0.15) is 10.7 Å². The van der Waals surface area contributed by atoms with E-state index in [2.05, 4.69) is 0 Å². The number of nitrogens with two attached hydrogens (primary N) is 1. The SMILES string of the molecule is NC(=O)CCn1c(Cc2ccccc2)nc2sc3c(c2c1=O)CCCC3. The largest absolute Gasteiger partial charge is 0.370 e. The van der Waals surface area contributed by atoms with Crippen molar-refractivity contribution in [1.82, 2.24) is 9.55 Å². The molecule has 0 saturated heterocycles. The average molecular weight is 367 g/mol. The molecule has 0 bridgehead atoms. The van der Waals surface area contributed by atoms with Crippen molar-refractivity contribution in [2.75, 3.05) is 0 Å². The first-order valence-corrected chi connectivity index (χ1v) is 9.81. The van der Waals surface area contributed by atoms with E-state index in [-0.39, 0.29) is 18.5 Å². The molecule has 1 amide bonds. The Morgan fingerprint density at radius 1 is 1.19 bits per heavy atom. The minimum absolute atomic E-state index is 0.0263. The number of aromatic nitrogens is 2. The van der Waals surface area contributed by atoms with Crippen molar-refractivity contribution >= 4 is 27.5 Å². The lowest BCUT2D eigenvalue weighted by Crippen LogP contribution is -2.28. The van der Waals surface area contributed by atoms with E-state index in [1.807, 2.05) is 30.3 Å². The van der Waals surface area contributed by atoms with Crippen molar-refractivity contribution in [3.8, 4) is 0 Å². The van der Waals surface area contributed by atoms with E-state index in [0.717, 1.165) is 35.0 Å². The summed E-state index contributed by atoms with van der Waals surface area (Å²) in [6, 6.07) is 9.96. The van der Waals surface area contributed by atoms with Crippen LogP contribution in [-0.2, 0) is 30.6 Å². The number of hydrogen-bond acceptors (Lipinski definition) is 4. The third-order valence-corrected chi connectivity index (χ3v) is 6.13. The molecule has 2 aromatic heterocycles. The molecule has 26 heavy (non-hydrogen) atoms. The Bertz CT molecular complexity index is 1020. The molecule has 1 aliphatic carbocycles. The van der Waals surface area contributed by atoms with E-state index in [1.165, 1.54) is 16.9 Å². The van der Waals surface area contributed by atoms with Crippen LogP contribution >= 0.6 is 11.3 Å². The third-order valence-electron chi connectivity index (χ3n) is 4.94. The molecule has 1 aliphatic rings. The summed E-state index contributed by atoms with van der Waals surface area (Å²) in [6.07, 6.45) is 4.97. The number of fused-ring (bicyclic) bond motifs is 3. The summed E-state index contributed by atoms with van der Waals surface area (Å²) in [6.45, 7) is 0.282. The molecule has 5 nitrogen and oxygen atoms in total. The highest BCUT2D eigenvalue weighted by Crippen LogP contribution is 2.34. The van der Waals surface area contributed by atoms with E-state index >= 15 is 0 Å². The van der Waals surface area contributed by atoms with Gasteiger partial charge in [0.15, 0.2) is 0 Å². The number of nitrogens with zero attached hydrogens (tertiary/aromatic N) is 2. The van der Waals surface area contributed by atoms with Gasteiger partial charge in [-0.05, 0) is 36.8 Å². The summed E-state index contributed by atoms with van der Waals surface area (Å²) < 4.78 is 1.65. The summed E-state index contributed by atoms with van der Waals surface area (Å²) in [5, 5.41) is 0.756. The molecular weight excluding hydrogens is 346 g/mol. The second kappa shape index (κ2) is 7.03. The van der Waals surface area contributed by atoms with Gasteiger partial charge in [-0.2, -0.15) is 0 Å². The highest BCUT2D eigenvalue weighted by molar-refractivity contribution is 7.18. The number of benzene rings is 1. The maximum Gasteiger partial charge on any atom is 0.262 e. The Kier molecular flexibility index (Phi) is 4.59. The van der Waals surface area contributed by atoms with Gasteiger partial charge in [-0.1, -0.05) is 30.3 Å². The van der Waals surface area contributed by atoms with Crippen LogP contribution in [0.5, 0.6) is 0 Å². The smallest absolute Gasteiger partial charge is 0.262 e. The minimum Gasteiger partial charge on any atom is -0.370 e. The number of primary amides is 1. The molecule has 134 valence electrons. The van der Waals surface area contributed by atoms with Crippen molar-refractivity contribution < 1.29 is 4.79 Å². The lowest BCUT2D eigenvalue weighted by molar-refractivity contribution is -0.118. The van der Waals surface area contributed by atoms with Gasteiger partial charge in [-0.3, -0.25) is 14.2 Å². The van der Waals surface area contributed by atoms with E-state index in [1.54, 1.807) is 15.9 Å².